The molecule has 120 valence electrons. The van der Waals surface area contributed by atoms with Gasteiger partial charge in [0.25, 0.3) is 5.91 Å². The van der Waals surface area contributed by atoms with E-state index in [1.807, 2.05) is 24.3 Å². The molecule has 0 saturated carbocycles. The lowest BCUT2D eigenvalue weighted by molar-refractivity contribution is -0.127. The first-order valence-electron chi connectivity index (χ1n) is 7.03. The van der Waals surface area contributed by atoms with Gasteiger partial charge in [-0.15, -0.1) is 11.8 Å². The number of aryl methyl sites for hydroxylation is 1. The maximum Gasteiger partial charge on any atom is 0.339 e. The first kappa shape index (κ1) is 15.5. The van der Waals surface area contributed by atoms with Gasteiger partial charge in [-0.1, -0.05) is 12.1 Å². The van der Waals surface area contributed by atoms with Crippen LogP contribution in [0.1, 0.15) is 21.9 Å². The number of rotatable bonds is 4. The molecule has 0 fully saturated rings. The molecule has 0 saturated heterocycles. The fourth-order valence-corrected chi connectivity index (χ4v) is 3.26. The van der Waals surface area contributed by atoms with Crippen molar-refractivity contribution in [1.29, 1.82) is 0 Å². The number of thioether (sulfide) groups is 1. The standard InChI is InChI=1S/C16H15NO5S/c1-9-11(16(19)20)6-10(21-9)7-17-15(18)13-8-23-14-5-3-2-4-12(14)22-13/h2-6,13H,7-8H2,1H3,(H,17,18)(H,19,20). The van der Waals surface area contributed by atoms with Gasteiger partial charge in [0.15, 0.2) is 6.10 Å². The molecule has 1 aliphatic heterocycles. The zero-order valence-corrected chi connectivity index (χ0v) is 13.2. The second-order valence-corrected chi connectivity index (χ2v) is 6.13. The fraction of sp³-hybridized carbons (Fsp3) is 0.250. The van der Waals surface area contributed by atoms with Crippen molar-refractivity contribution in [1.82, 2.24) is 5.32 Å². The highest BCUT2D eigenvalue weighted by Crippen LogP contribution is 2.34. The Morgan fingerprint density at radius 3 is 2.91 bits per heavy atom. The highest BCUT2D eigenvalue weighted by Gasteiger charge is 2.26. The van der Waals surface area contributed by atoms with Crippen LogP contribution in [0.3, 0.4) is 0 Å². The molecule has 0 aliphatic carbocycles. The van der Waals surface area contributed by atoms with E-state index in [1.54, 1.807) is 18.7 Å². The number of para-hydroxylation sites is 1. The van der Waals surface area contributed by atoms with Gasteiger partial charge in [0.2, 0.25) is 0 Å². The molecule has 1 aromatic heterocycles. The predicted molar refractivity (Wildman–Crippen MR) is 83.8 cm³/mol. The molecule has 2 N–H and O–H groups in total. The first-order valence-corrected chi connectivity index (χ1v) is 8.02. The van der Waals surface area contributed by atoms with Crippen molar-refractivity contribution < 1.29 is 23.8 Å². The van der Waals surface area contributed by atoms with Crippen LogP contribution in [-0.2, 0) is 11.3 Å². The molecule has 0 radical (unpaired) electrons. The Balaban J connectivity index is 1.60. The zero-order chi connectivity index (χ0) is 16.4. The molecular weight excluding hydrogens is 318 g/mol. The minimum atomic E-state index is -1.05. The Morgan fingerprint density at radius 2 is 2.17 bits per heavy atom. The van der Waals surface area contributed by atoms with Crippen LogP contribution in [0.25, 0.3) is 0 Å². The highest BCUT2D eigenvalue weighted by molar-refractivity contribution is 7.99. The van der Waals surface area contributed by atoms with Gasteiger partial charge in [-0.05, 0) is 25.1 Å². The summed E-state index contributed by atoms with van der Waals surface area (Å²) in [5.74, 6) is 0.647. The number of furan rings is 1. The number of benzene rings is 1. The van der Waals surface area contributed by atoms with Gasteiger partial charge in [-0.2, -0.15) is 0 Å². The SMILES string of the molecule is Cc1oc(CNC(=O)C2CSc3ccccc3O2)cc1C(=O)O. The smallest absolute Gasteiger partial charge is 0.339 e. The van der Waals surface area contributed by atoms with E-state index in [-0.39, 0.29) is 18.0 Å². The van der Waals surface area contributed by atoms with E-state index in [2.05, 4.69) is 5.32 Å². The summed E-state index contributed by atoms with van der Waals surface area (Å²) in [6.07, 6.45) is -0.579. The van der Waals surface area contributed by atoms with Crippen molar-refractivity contribution in [2.45, 2.75) is 24.5 Å². The van der Waals surface area contributed by atoms with Gasteiger partial charge in [0.05, 0.1) is 6.54 Å². The number of hydrogen-bond acceptors (Lipinski definition) is 5. The zero-order valence-electron chi connectivity index (χ0n) is 12.4. The number of nitrogens with one attached hydrogen (secondary N) is 1. The van der Waals surface area contributed by atoms with Gasteiger partial charge >= 0.3 is 5.97 Å². The first-order chi connectivity index (χ1) is 11.0. The molecule has 1 atom stereocenters. The number of carbonyl (C=O) groups is 2. The van der Waals surface area contributed by atoms with Crippen molar-refractivity contribution >= 4 is 23.6 Å². The summed E-state index contributed by atoms with van der Waals surface area (Å²) in [7, 11) is 0. The minimum Gasteiger partial charge on any atom is -0.479 e. The van der Waals surface area contributed by atoms with Crippen molar-refractivity contribution in [3.05, 3.63) is 47.4 Å². The molecule has 1 amide bonds. The van der Waals surface area contributed by atoms with Gasteiger partial charge in [-0.25, -0.2) is 4.79 Å². The van der Waals surface area contributed by atoms with Crippen molar-refractivity contribution in [3.8, 4) is 5.75 Å². The van der Waals surface area contributed by atoms with Crippen LogP contribution >= 0.6 is 11.8 Å². The number of aromatic carboxylic acids is 1. The van der Waals surface area contributed by atoms with Crippen LogP contribution < -0.4 is 10.1 Å². The average molecular weight is 333 g/mol. The predicted octanol–water partition coefficient (Wildman–Crippen LogP) is 2.46. The normalized spacial score (nSPS) is 16.3. The van der Waals surface area contributed by atoms with Crippen LogP contribution in [0, 0.1) is 6.92 Å². The van der Waals surface area contributed by atoms with E-state index in [1.165, 1.54) is 6.07 Å². The van der Waals surface area contributed by atoms with E-state index in [4.69, 9.17) is 14.3 Å². The Morgan fingerprint density at radius 1 is 1.39 bits per heavy atom. The molecule has 1 aromatic carbocycles. The molecule has 2 aromatic rings. The third-order valence-electron chi connectivity index (χ3n) is 3.44. The number of carboxylic acid groups (broad SMARTS) is 1. The van der Waals surface area contributed by atoms with E-state index >= 15 is 0 Å². The van der Waals surface area contributed by atoms with Crippen molar-refractivity contribution in [2.75, 3.05) is 5.75 Å². The minimum absolute atomic E-state index is 0.104. The molecule has 0 spiro atoms. The fourth-order valence-electron chi connectivity index (χ4n) is 2.28. The van der Waals surface area contributed by atoms with Gasteiger partial charge < -0.3 is 19.6 Å². The van der Waals surface area contributed by atoms with E-state index in [9.17, 15) is 9.59 Å². The van der Waals surface area contributed by atoms with E-state index in [0.29, 0.717) is 23.0 Å². The van der Waals surface area contributed by atoms with Gasteiger partial charge in [0.1, 0.15) is 22.8 Å². The summed E-state index contributed by atoms with van der Waals surface area (Å²) >= 11 is 1.57. The summed E-state index contributed by atoms with van der Waals surface area (Å²) in [6, 6.07) is 8.99. The number of fused-ring (bicyclic) bond motifs is 1. The lowest BCUT2D eigenvalue weighted by Crippen LogP contribution is -2.40. The highest BCUT2D eigenvalue weighted by atomic mass is 32.2. The molecule has 6 nitrogen and oxygen atoms in total. The maximum atomic E-state index is 12.2. The monoisotopic (exact) mass is 333 g/mol. The second-order valence-electron chi connectivity index (χ2n) is 5.07. The van der Waals surface area contributed by atoms with Gasteiger partial charge in [-0.3, -0.25) is 4.79 Å². The average Bonchev–Trinajstić information content (AvgIpc) is 2.93. The lowest BCUT2D eigenvalue weighted by Gasteiger charge is -2.24. The van der Waals surface area contributed by atoms with Gasteiger partial charge in [0, 0.05) is 10.6 Å². The van der Waals surface area contributed by atoms with Crippen LogP contribution in [0.15, 0.2) is 39.6 Å². The Kier molecular flexibility index (Phi) is 4.29. The molecule has 3 rings (SSSR count). The van der Waals surface area contributed by atoms with Crippen LogP contribution in [-0.4, -0.2) is 28.8 Å². The van der Waals surface area contributed by atoms with Crippen LogP contribution in [0.4, 0.5) is 0 Å². The summed E-state index contributed by atoms with van der Waals surface area (Å²) in [6.45, 7) is 1.70. The number of carboxylic acids is 1. The lowest BCUT2D eigenvalue weighted by atomic mass is 10.2. The van der Waals surface area contributed by atoms with Crippen molar-refractivity contribution in [3.63, 3.8) is 0 Å². The maximum absolute atomic E-state index is 12.2. The van der Waals surface area contributed by atoms with Crippen molar-refractivity contribution in [2.24, 2.45) is 0 Å². The summed E-state index contributed by atoms with van der Waals surface area (Å²) < 4.78 is 11.0. The topological polar surface area (TPSA) is 88.8 Å². The number of amides is 1. The molecule has 7 heteroatoms. The third kappa shape index (κ3) is 3.34. The summed E-state index contributed by atoms with van der Waals surface area (Å²) in [5.41, 5.74) is 0.104. The molecular formula is C16H15NO5S. The Bertz CT molecular complexity index is 755. The summed E-state index contributed by atoms with van der Waals surface area (Å²) in [4.78, 5) is 24.2. The Labute approximate surface area is 136 Å². The molecule has 23 heavy (non-hydrogen) atoms. The molecule has 1 aliphatic rings. The largest absolute Gasteiger partial charge is 0.479 e. The molecule has 1 unspecified atom stereocenters. The number of ether oxygens (including phenoxy) is 1. The molecule has 0 bridgehead atoms. The second kappa shape index (κ2) is 6.37. The Hall–Kier alpha value is -2.41. The van der Waals surface area contributed by atoms with E-state index < -0.39 is 12.1 Å². The number of carbonyl (C=O) groups excluding carboxylic acids is 1. The quantitative estimate of drug-likeness (QED) is 0.893. The molecule has 2 heterocycles. The van der Waals surface area contributed by atoms with E-state index in [0.717, 1.165) is 4.90 Å². The van der Waals surface area contributed by atoms with Crippen LogP contribution in [0.2, 0.25) is 0 Å². The third-order valence-corrected chi connectivity index (χ3v) is 4.55. The summed E-state index contributed by atoms with van der Waals surface area (Å²) in [5, 5.41) is 11.7. The van der Waals surface area contributed by atoms with Crippen LogP contribution in [0.5, 0.6) is 5.75 Å². The number of hydrogen-bond donors (Lipinski definition) is 2.